The Hall–Kier alpha value is -3.52. The second kappa shape index (κ2) is 13.2. The predicted octanol–water partition coefficient (Wildman–Crippen LogP) is 6.59. The average Bonchev–Trinajstić information content (AvgIpc) is 2.87. The van der Waals surface area contributed by atoms with Crippen molar-refractivity contribution < 1.29 is 19.1 Å². The summed E-state index contributed by atoms with van der Waals surface area (Å²) in [6.07, 6.45) is -0.116. The lowest BCUT2D eigenvalue weighted by Crippen LogP contribution is -2.55. The molecule has 0 saturated heterocycles. The number of ether oxygens (including phenoxy) is 1. The molecule has 3 aromatic carbocycles. The summed E-state index contributed by atoms with van der Waals surface area (Å²) in [5.41, 5.74) is 2.55. The number of alkyl carbamates (subject to hydrolysis) is 1. The zero-order valence-electron chi connectivity index (χ0n) is 24.4. The lowest BCUT2D eigenvalue weighted by atomic mass is 9.96. The molecular weight excluding hydrogens is 522 g/mol. The van der Waals surface area contributed by atoms with Crippen LogP contribution in [0.1, 0.15) is 63.8 Å². The third-order valence-electron chi connectivity index (χ3n) is 6.60. The first-order valence-corrected chi connectivity index (χ1v) is 14.3. The topological polar surface area (TPSA) is 87.7 Å². The van der Waals surface area contributed by atoms with Gasteiger partial charge >= 0.3 is 6.09 Å². The summed E-state index contributed by atoms with van der Waals surface area (Å²) >= 11 is 4.37. The van der Waals surface area contributed by atoms with Gasteiger partial charge in [-0.25, -0.2) is 4.79 Å². The Morgan fingerprint density at radius 2 is 1.57 bits per heavy atom. The van der Waals surface area contributed by atoms with Crippen molar-refractivity contribution in [3.05, 3.63) is 77.4 Å². The Labute approximate surface area is 243 Å². The molecule has 214 valence electrons. The molecule has 0 aliphatic heterocycles. The van der Waals surface area contributed by atoms with Gasteiger partial charge in [0.2, 0.25) is 5.91 Å². The number of hydrogen-bond donors (Lipinski definition) is 3. The van der Waals surface area contributed by atoms with Crippen molar-refractivity contribution in [2.24, 2.45) is 0 Å². The summed E-state index contributed by atoms with van der Waals surface area (Å²) in [5.74, 6) is -0.714. The summed E-state index contributed by atoms with van der Waals surface area (Å²) in [7, 11) is 0. The summed E-state index contributed by atoms with van der Waals surface area (Å²) in [4.78, 5) is 42.4. The largest absolute Gasteiger partial charge is 0.444 e. The van der Waals surface area contributed by atoms with Crippen LogP contribution in [0.3, 0.4) is 0 Å². The first-order valence-electron chi connectivity index (χ1n) is 13.6. The highest BCUT2D eigenvalue weighted by Gasteiger charge is 2.38. The Bertz CT molecular complexity index is 1350. The van der Waals surface area contributed by atoms with E-state index >= 15 is 0 Å². The number of nitrogens with one attached hydrogen (secondary N) is 2. The van der Waals surface area contributed by atoms with Crippen LogP contribution >= 0.6 is 12.6 Å². The molecule has 3 aromatic rings. The molecule has 0 heterocycles. The first kappa shape index (κ1) is 31.0. The number of hydrogen-bond acceptors (Lipinski definition) is 5. The van der Waals surface area contributed by atoms with Crippen LogP contribution in [0.25, 0.3) is 10.8 Å². The molecule has 3 unspecified atom stereocenters. The van der Waals surface area contributed by atoms with Crippen molar-refractivity contribution in [2.45, 2.75) is 78.6 Å². The van der Waals surface area contributed by atoms with Crippen LogP contribution in [0.4, 0.5) is 10.5 Å². The molecule has 0 bridgehead atoms. The Kier molecular flexibility index (Phi) is 10.3. The molecule has 3 atom stereocenters. The van der Waals surface area contributed by atoms with Crippen LogP contribution in [0.15, 0.2) is 60.7 Å². The molecule has 0 spiro atoms. The van der Waals surface area contributed by atoms with Crippen molar-refractivity contribution in [1.82, 2.24) is 10.2 Å². The molecule has 3 amide bonds. The van der Waals surface area contributed by atoms with Gasteiger partial charge in [0, 0.05) is 17.5 Å². The number of thiol groups is 1. The third kappa shape index (κ3) is 8.01. The first-order chi connectivity index (χ1) is 18.8. The smallest absolute Gasteiger partial charge is 0.408 e. The zero-order valence-corrected chi connectivity index (χ0v) is 25.3. The molecule has 2 N–H and O–H groups in total. The van der Waals surface area contributed by atoms with E-state index in [4.69, 9.17) is 4.74 Å². The van der Waals surface area contributed by atoms with Crippen LogP contribution in [-0.2, 0) is 14.3 Å². The summed E-state index contributed by atoms with van der Waals surface area (Å²) < 4.78 is 5.39. The number of fused-ring (bicyclic) bond motifs is 1. The Morgan fingerprint density at radius 3 is 2.15 bits per heavy atom. The van der Waals surface area contributed by atoms with Crippen molar-refractivity contribution in [2.75, 3.05) is 11.1 Å². The van der Waals surface area contributed by atoms with E-state index in [-0.39, 0.29) is 17.7 Å². The van der Waals surface area contributed by atoms with Gasteiger partial charge in [-0.1, -0.05) is 66.6 Å². The van der Waals surface area contributed by atoms with Gasteiger partial charge in [0.15, 0.2) is 0 Å². The van der Waals surface area contributed by atoms with Gasteiger partial charge in [-0.05, 0) is 76.4 Å². The summed E-state index contributed by atoms with van der Waals surface area (Å²) in [6, 6.07) is 17.3. The van der Waals surface area contributed by atoms with Crippen LogP contribution in [0.5, 0.6) is 0 Å². The SMILES string of the molecule is CCC(C)N(C(=O)C(CS)NC(=O)OC(C)(C)C)C(C(=O)Nc1ccc2ccccc2c1)c1cc(C)cc(C)c1. The summed E-state index contributed by atoms with van der Waals surface area (Å²) in [6.45, 7) is 13.0. The fraction of sp³-hybridized carbons (Fsp3) is 0.406. The molecule has 0 radical (unpaired) electrons. The number of aryl methyl sites for hydroxylation is 2. The highest BCUT2D eigenvalue weighted by Crippen LogP contribution is 2.30. The molecule has 7 nitrogen and oxygen atoms in total. The van der Waals surface area contributed by atoms with Gasteiger partial charge in [-0.2, -0.15) is 12.6 Å². The second-order valence-corrected chi connectivity index (χ2v) is 11.6. The number of rotatable bonds is 9. The quantitative estimate of drug-likeness (QED) is 0.257. The number of anilines is 1. The van der Waals surface area contributed by atoms with Gasteiger partial charge < -0.3 is 20.3 Å². The number of amides is 3. The van der Waals surface area contributed by atoms with Crippen molar-refractivity contribution >= 4 is 47.0 Å². The number of carbonyl (C=O) groups excluding carboxylic acids is 3. The normalized spacial score (nSPS) is 13.7. The lowest BCUT2D eigenvalue weighted by molar-refractivity contribution is -0.142. The molecular formula is C32H41N3O4S. The second-order valence-electron chi connectivity index (χ2n) is 11.3. The van der Waals surface area contributed by atoms with Crippen LogP contribution in [0.2, 0.25) is 0 Å². The standard InChI is InChI=1S/C32H41N3O4S/c1-8-22(4)35(30(37)27(19-40)34-31(38)39-32(5,6)7)28(25-16-20(2)15-21(3)17-25)29(36)33-26-14-13-23-11-9-10-12-24(23)18-26/h9-18,22,27-28,40H,8,19H2,1-7H3,(H,33,36)(H,34,38). The van der Waals surface area contributed by atoms with E-state index in [9.17, 15) is 14.4 Å². The minimum atomic E-state index is -0.992. The van der Waals surface area contributed by atoms with Gasteiger partial charge in [0.25, 0.3) is 5.91 Å². The highest BCUT2D eigenvalue weighted by atomic mass is 32.1. The fourth-order valence-corrected chi connectivity index (χ4v) is 4.94. The minimum Gasteiger partial charge on any atom is -0.444 e. The van der Waals surface area contributed by atoms with E-state index in [1.165, 1.54) is 0 Å². The third-order valence-corrected chi connectivity index (χ3v) is 6.96. The van der Waals surface area contributed by atoms with E-state index in [2.05, 4.69) is 23.3 Å². The number of carbonyl (C=O) groups is 3. The Balaban J connectivity index is 2.05. The maximum absolute atomic E-state index is 14.1. The van der Waals surface area contributed by atoms with Gasteiger partial charge in [0.1, 0.15) is 17.7 Å². The highest BCUT2D eigenvalue weighted by molar-refractivity contribution is 7.80. The van der Waals surface area contributed by atoms with E-state index in [0.717, 1.165) is 21.9 Å². The van der Waals surface area contributed by atoms with Crippen molar-refractivity contribution in [3.63, 3.8) is 0 Å². The number of nitrogens with zero attached hydrogens (tertiary/aromatic N) is 1. The predicted molar refractivity (Wildman–Crippen MR) is 165 cm³/mol. The molecule has 8 heteroatoms. The van der Waals surface area contributed by atoms with Crippen molar-refractivity contribution in [1.29, 1.82) is 0 Å². The van der Waals surface area contributed by atoms with Crippen LogP contribution in [0, 0.1) is 13.8 Å². The molecule has 3 rings (SSSR count). The number of benzene rings is 3. The van der Waals surface area contributed by atoms with E-state index in [1.807, 2.05) is 88.4 Å². The molecule has 0 saturated carbocycles. The molecule has 0 aliphatic rings. The zero-order chi connectivity index (χ0) is 29.6. The fourth-order valence-electron chi connectivity index (χ4n) is 4.69. The lowest BCUT2D eigenvalue weighted by Gasteiger charge is -2.38. The maximum Gasteiger partial charge on any atom is 0.408 e. The van der Waals surface area contributed by atoms with E-state index in [0.29, 0.717) is 17.7 Å². The molecule has 0 fully saturated rings. The Morgan fingerprint density at radius 1 is 0.950 bits per heavy atom. The van der Waals surface area contributed by atoms with Gasteiger partial charge in [-0.3, -0.25) is 9.59 Å². The molecule has 0 aliphatic carbocycles. The monoisotopic (exact) mass is 563 g/mol. The molecule has 40 heavy (non-hydrogen) atoms. The van der Waals surface area contributed by atoms with E-state index in [1.54, 1.807) is 25.7 Å². The van der Waals surface area contributed by atoms with Gasteiger partial charge in [-0.15, -0.1) is 0 Å². The van der Waals surface area contributed by atoms with Crippen LogP contribution in [-0.4, -0.2) is 46.2 Å². The maximum atomic E-state index is 14.1. The average molecular weight is 564 g/mol. The minimum absolute atomic E-state index is 0.0386. The summed E-state index contributed by atoms with van der Waals surface area (Å²) in [5, 5.41) is 7.77. The molecule has 0 aromatic heterocycles. The van der Waals surface area contributed by atoms with Gasteiger partial charge in [0.05, 0.1) is 0 Å². The van der Waals surface area contributed by atoms with Crippen molar-refractivity contribution in [3.8, 4) is 0 Å². The van der Waals surface area contributed by atoms with E-state index < -0.39 is 29.7 Å². The van der Waals surface area contributed by atoms with Crippen LogP contribution < -0.4 is 10.6 Å².